The van der Waals surface area contributed by atoms with E-state index in [1.165, 1.54) is 4.57 Å². The number of halogens is 1. The Morgan fingerprint density at radius 2 is 2.17 bits per heavy atom. The van der Waals surface area contributed by atoms with Gasteiger partial charge in [-0.15, -0.1) is 11.3 Å². The maximum absolute atomic E-state index is 12.4. The number of primary amides is 1. The Labute approximate surface area is 106 Å². The molecule has 0 bridgehead atoms. The minimum Gasteiger partial charge on any atom is -0.365 e. The Hall–Kier alpha value is -1.76. The number of amides is 1. The third kappa shape index (κ3) is 1.80. The summed E-state index contributed by atoms with van der Waals surface area (Å²) in [6.45, 7) is 2.61. The molecule has 2 aromatic heterocycles. The summed E-state index contributed by atoms with van der Waals surface area (Å²) in [4.78, 5) is 28.5. The van der Waals surface area contributed by atoms with Crippen molar-refractivity contribution in [1.29, 1.82) is 0 Å². The van der Waals surface area contributed by atoms with Gasteiger partial charge in [-0.1, -0.05) is 0 Å². The highest BCUT2D eigenvalue weighted by Crippen LogP contribution is 2.26. The van der Waals surface area contributed by atoms with Crippen LogP contribution in [0.5, 0.6) is 0 Å². The van der Waals surface area contributed by atoms with Gasteiger partial charge in [0.2, 0.25) is 0 Å². The van der Waals surface area contributed by atoms with E-state index in [0.717, 1.165) is 11.3 Å². The van der Waals surface area contributed by atoms with Gasteiger partial charge in [0, 0.05) is 0 Å². The van der Waals surface area contributed by atoms with Crippen molar-refractivity contribution in [3.8, 4) is 0 Å². The Morgan fingerprint density at radius 3 is 2.72 bits per heavy atom. The van der Waals surface area contributed by atoms with Crippen LogP contribution in [0.4, 0.5) is 4.39 Å². The lowest BCUT2D eigenvalue weighted by atomic mass is 10.2. The number of aromatic nitrogens is 2. The third-order valence-electron chi connectivity index (χ3n) is 2.77. The van der Waals surface area contributed by atoms with Crippen molar-refractivity contribution >= 4 is 27.5 Å². The quantitative estimate of drug-likeness (QED) is 0.907. The molecule has 0 fully saturated rings. The molecule has 2 rings (SSSR count). The summed E-state index contributed by atoms with van der Waals surface area (Å²) in [5.74, 6) is -0.146. The number of carbonyl (C=O) groups excluding carboxylic acids is 1. The topological polar surface area (TPSA) is 78.0 Å². The maximum atomic E-state index is 12.4. The Kier molecular flexibility index (Phi) is 3.16. The minimum atomic E-state index is -0.639. The first-order valence-electron chi connectivity index (χ1n) is 5.33. The number of alkyl halides is 1. The molecule has 2 aromatic rings. The summed E-state index contributed by atoms with van der Waals surface area (Å²) in [6.07, 6.45) is 0. The fourth-order valence-electron chi connectivity index (χ4n) is 1.90. The summed E-state index contributed by atoms with van der Waals surface area (Å²) in [5, 5.41) is 0.354. The highest BCUT2D eigenvalue weighted by molar-refractivity contribution is 7.20. The van der Waals surface area contributed by atoms with Crippen molar-refractivity contribution in [1.82, 2.24) is 9.55 Å². The molecule has 0 aliphatic carbocycles. The predicted octanol–water partition coefficient (Wildman–Crippen LogP) is 1.14. The van der Waals surface area contributed by atoms with E-state index in [1.807, 2.05) is 0 Å². The molecule has 2 heterocycles. The number of carbonyl (C=O) groups is 1. The predicted molar refractivity (Wildman–Crippen MR) is 67.8 cm³/mol. The van der Waals surface area contributed by atoms with Crippen LogP contribution in [0.2, 0.25) is 0 Å². The fraction of sp³-hybridized carbons (Fsp3) is 0.364. The van der Waals surface area contributed by atoms with E-state index in [4.69, 9.17) is 5.73 Å². The molecule has 18 heavy (non-hydrogen) atoms. The van der Waals surface area contributed by atoms with Crippen LogP contribution in [0, 0.1) is 13.8 Å². The van der Waals surface area contributed by atoms with E-state index in [0.29, 0.717) is 26.5 Å². The monoisotopic (exact) mass is 269 g/mol. The fourth-order valence-corrected chi connectivity index (χ4v) is 2.97. The molecule has 0 spiro atoms. The molecule has 0 unspecified atom stereocenters. The van der Waals surface area contributed by atoms with E-state index in [1.54, 1.807) is 13.8 Å². The van der Waals surface area contributed by atoms with Gasteiger partial charge in [0.05, 0.1) is 16.8 Å². The van der Waals surface area contributed by atoms with E-state index in [2.05, 4.69) is 4.98 Å². The number of rotatable bonds is 3. The number of hydrogen-bond donors (Lipinski definition) is 1. The molecule has 5 nitrogen and oxygen atoms in total. The summed E-state index contributed by atoms with van der Waals surface area (Å²) >= 11 is 1.09. The molecule has 7 heteroatoms. The number of fused-ring (bicyclic) bond motifs is 1. The van der Waals surface area contributed by atoms with E-state index in [-0.39, 0.29) is 12.1 Å². The van der Waals surface area contributed by atoms with Crippen LogP contribution in [0.25, 0.3) is 10.2 Å². The number of aryl methyl sites for hydroxylation is 2. The molecule has 0 atom stereocenters. The van der Waals surface area contributed by atoms with Crippen molar-refractivity contribution in [2.45, 2.75) is 20.4 Å². The zero-order valence-corrected chi connectivity index (χ0v) is 10.8. The second-order valence-corrected chi connectivity index (χ2v) is 4.90. The summed E-state index contributed by atoms with van der Waals surface area (Å²) in [5.41, 5.74) is 5.44. The van der Waals surface area contributed by atoms with Gasteiger partial charge in [-0.3, -0.25) is 14.2 Å². The van der Waals surface area contributed by atoms with Crippen LogP contribution in [0.15, 0.2) is 4.79 Å². The van der Waals surface area contributed by atoms with Crippen LogP contribution < -0.4 is 11.3 Å². The Balaban J connectivity index is 2.85. The van der Waals surface area contributed by atoms with Gasteiger partial charge in [-0.25, -0.2) is 9.37 Å². The van der Waals surface area contributed by atoms with Crippen molar-refractivity contribution in [2.75, 3.05) is 6.67 Å². The molecule has 0 radical (unpaired) electrons. The lowest BCUT2D eigenvalue weighted by Crippen LogP contribution is -2.24. The van der Waals surface area contributed by atoms with Crippen LogP contribution in [-0.4, -0.2) is 22.1 Å². The zero-order valence-electron chi connectivity index (χ0n) is 9.99. The standard InChI is InChI=1S/C11H12FN3O2S/c1-5-7-10(18-8(5)9(13)16)14-6(2)15(4-3-12)11(7)17/h3-4H2,1-2H3,(H2,13,16). The molecule has 2 N–H and O–H groups in total. The average Bonchev–Trinajstić information content (AvgIpc) is 2.62. The summed E-state index contributed by atoms with van der Waals surface area (Å²) < 4.78 is 13.7. The lowest BCUT2D eigenvalue weighted by molar-refractivity contribution is 0.100. The van der Waals surface area contributed by atoms with Gasteiger partial charge in [0.15, 0.2) is 0 Å². The van der Waals surface area contributed by atoms with Crippen molar-refractivity contribution in [2.24, 2.45) is 5.73 Å². The van der Waals surface area contributed by atoms with Gasteiger partial charge in [0.25, 0.3) is 11.5 Å². The second-order valence-electron chi connectivity index (χ2n) is 3.91. The summed E-state index contributed by atoms with van der Waals surface area (Å²) in [7, 11) is 0. The highest BCUT2D eigenvalue weighted by atomic mass is 32.1. The van der Waals surface area contributed by atoms with Gasteiger partial charge in [-0.05, 0) is 19.4 Å². The van der Waals surface area contributed by atoms with E-state index < -0.39 is 12.6 Å². The molecule has 0 aliphatic rings. The first-order valence-corrected chi connectivity index (χ1v) is 6.15. The largest absolute Gasteiger partial charge is 0.365 e. The van der Waals surface area contributed by atoms with Crippen molar-refractivity contribution in [3.05, 3.63) is 26.6 Å². The molecular weight excluding hydrogens is 257 g/mol. The molecule has 0 aromatic carbocycles. The SMILES string of the molecule is Cc1c(C(N)=O)sc2nc(C)n(CCF)c(=O)c12. The summed E-state index contributed by atoms with van der Waals surface area (Å²) in [6, 6.07) is 0. The minimum absolute atomic E-state index is 0.0329. The number of hydrogen-bond acceptors (Lipinski definition) is 4. The lowest BCUT2D eigenvalue weighted by Gasteiger charge is -2.06. The van der Waals surface area contributed by atoms with Crippen molar-refractivity contribution in [3.63, 3.8) is 0 Å². The zero-order chi connectivity index (χ0) is 13.4. The average molecular weight is 269 g/mol. The normalized spacial score (nSPS) is 11.1. The van der Waals surface area contributed by atoms with Crippen molar-refractivity contribution < 1.29 is 9.18 Å². The Bertz CT molecular complexity index is 690. The molecule has 96 valence electrons. The molecule has 0 aliphatic heterocycles. The highest BCUT2D eigenvalue weighted by Gasteiger charge is 2.18. The first-order chi connectivity index (χ1) is 8.47. The van der Waals surface area contributed by atoms with E-state index >= 15 is 0 Å². The molecule has 0 saturated carbocycles. The van der Waals surface area contributed by atoms with Gasteiger partial charge >= 0.3 is 0 Å². The van der Waals surface area contributed by atoms with Gasteiger partial charge < -0.3 is 5.73 Å². The van der Waals surface area contributed by atoms with Crippen LogP contribution in [0.1, 0.15) is 21.1 Å². The number of nitrogens with two attached hydrogens (primary N) is 1. The van der Waals surface area contributed by atoms with E-state index in [9.17, 15) is 14.0 Å². The molecule has 0 saturated heterocycles. The van der Waals surface area contributed by atoms with Gasteiger partial charge in [0.1, 0.15) is 17.3 Å². The van der Waals surface area contributed by atoms with Crippen LogP contribution >= 0.6 is 11.3 Å². The first kappa shape index (κ1) is 12.7. The molecular formula is C11H12FN3O2S. The maximum Gasteiger partial charge on any atom is 0.262 e. The number of nitrogens with zero attached hydrogens (tertiary/aromatic N) is 2. The smallest absolute Gasteiger partial charge is 0.262 e. The second kappa shape index (κ2) is 4.49. The third-order valence-corrected chi connectivity index (χ3v) is 3.97. The van der Waals surface area contributed by atoms with Crippen LogP contribution in [0.3, 0.4) is 0 Å². The van der Waals surface area contributed by atoms with Gasteiger partial charge in [-0.2, -0.15) is 0 Å². The molecule has 1 amide bonds. The Morgan fingerprint density at radius 1 is 1.50 bits per heavy atom. The van der Waals surface area contributed by atoms with Crippen LogP contribution in [-0.2, 0) is 6.54 Å². The number of thiophene rings is 1.